The molecule has 1 aromatic carbocycles. The van der Waals surface area contributed by atoms with Gasteiger partial charge in [-0.3, -0.25) is 14.9 Å². The van der Waals surface area contributed by atoms with Crippen molar-refractivity contribution >= 4 is 16.7 Å². The van der Waals surface area contributed by atoms with Crippen molar-refractivity contribution in [3.8, 4) is 11.1 Å². The number of para-hydroxylation sites is 1. The van der Waals surface area contributed by atoms with E-state index in [4.69, 9.17) is 10.7 Å². The van der Waals surface area contributed by atoms with E-state index in [1.165, 1.54) is 17.4 Å². The Morgan fingerprint density at radius 3 is 2.80 bits per heavy atom. The predicted octanol–water partition coefficient (Wildman–Crippen LogP) is 4.92. The Bertz CT molecular complexity index is 1180. The Hall–Kier alpha value is -3.31. The Balaban J connectivity index is 1.47. The predicted molar refractivity (Wildman–Crippen MR) is 121 cm³/mol. The standard InChI is InChI=1S/C25H25N5/c1-17-13-20(18-8-9-25(26)28-15-18)14-23(29-17)24-7-4-12-30(24)16-19-10-11-27-22-6-3-2-5-21(19)22/h2-3,5-6,8-11,13-15,24H,4,7,12,16H2,1H3,(H2,26,28). The minimum atomic E-state index is 0.317. The first kappa shape index (κ1) is 18.7. The van der Waals surface area contributed by atoms with E-state index in [2.05, 4.69) is 58.2 Å². The average molecular weight is 396 g/mol. The zero-order valence-electron chi connectivity index (χ0n) is 17.1. The van der Waals surface area contributed by atoms with Gasteiger partial charge < -0.3 is 5.73 Å². The molecule has 5 nitrogen and oxygen atoms in total. The van der Waals surface area contributed by atoms with Gasteiger partial charge in [0.15, 0.2) is 0 Å². The van der Waals surface area contributed by atoms with Crippen molar-refractivity contribution in [1.82, 2.24) is 19.9 Å². The molecule has 1 saturated heterocycles. The highest BCUT2D eigenvalue weighted by Gasteiger charge is 2.28. The number of fused-ring (bicyclic) bond motifs is 1. The zero-order valence-corrected chi connectivity index (χ0v) is 17.1. The summed E-state index contributed by atoms with van der Waals surface area (Å²) in [6.07, 6.45) is 6.06. The van der Waals surface area contributed by atoms with Gasteiger partial charge in [-0.1, -0.05) is 18.2 Å². The third-order valence-corrected chi connectivity index (χ3v) is 5.91. The van der Waals surface area contributed by atoms with Crippen LogP contribution in [0.15, 0.2) is 67.0 Å². The fourth-order valence-electron chi connectivity index (χ4n) is 4.47. The Labute approximate surface area is 176 Å². The lowest BCUT2D eigenvalue weighted by atomic mass is 10.0. The van der Waals surface area contributed by atoms with Crippen LogP contribution in [-0.4, -0.2) is 26.4 Å². The smallest absolute Gasteiger partial charge is 0.123 e. The normalized spacial score (nSPS) is 16.9. The molecule has 0 aliphatic carbocycles. The fourth-order valence-corrected chi connectivity index (χ4v) is 4.47. The number of aromatic nitrogens is 3. The van der Waals surface area contributed by atoms with Crippen molar-refractivity contribution < 1.29 is 0 Å². The van der Waals surface area contributed by atoms with Crippen molar-refractivity contribution in [2.45, 2.75) is 32.4 Å². The maximum Gasteiger partial charge on any atom is 0.123 e. The van der Waals surface area contributed by atoms with Crippen LogP contribution < -0.4 is 5.73 Å². The molecule has 4 aromatic rings. The van der Waals surface area contributed by atoms with Crippen molar-refractivity contribution in [2.24, 2.45) is 0 Å². The van der Waals surface area contributed by atoms with Gasteiger partial charge in [-0.05, 0) is 73.8 Å². The molecular formula is C25H25N5. The van der Waals surface area contributed by atoms with Crippen LogP contribution in [0.25, 0.3) is 22.0 Å². The number of nitrogens with two attached hydrogens (primary N) is 1. The number of nitrogens with zero attached hydrogens (tertiary/aromatic N) is 4. The van der Waals surface area contributed by atoms with Crippen LogP contribution >= 0.6 is 0 Å². The van der Waals surface area contributed by atoms with Crippen molar-refractivity contribution in [3.05, 3.63) is 83.9 Å². The summed E-state index contributed by atoms with van der Waals surface area (Å²) in [5.74, 6) is 0.538. The van der Waals surface area contributed by atoms with Crippen LogP contribution in [0, 0.1) is 6.92 Å². The highest BCUT2D eigenvalue weighted by Crippen LogP contribution is 2.35. The average Bonchev–Trinajstić information content (AvgIpc) is 3.22. The Kier molecular flexibility index (Phi) is 4.89. The molecule has 0 bridgehead atoms. The van der Waals surface area contributed by atoms with Crippen LogP contribution in [0.1, 0.15) is 35.8 Å². The van der Waals surface area contributed by atoms with Crippen molar-refractivity contribution in [1.29, 1.82) is 0 Å². The number of hydrogen-bond donors (Lipinski definition) is 1. The summed E-state index contributed by atoms with van der Waals surface area (Å²) in [7, 11) is 0. The van der Waals surface area contributed by atoms with Crippen LogP contribution in [0.3, 0.4) is 0 Å². The van der Waals surface area contributed by atoms with E-state index in [1.54, 1.807) is 0 Å². The number of benzene rings is 1. The minimum absolute atomic E-state index is 0.317. The quantitative estimate of drug-likeness (QED) is 0.531. The highest BCUT2D eigenvalue weighted by molar-refractivity contribution is 5.81. The molecular weight excluding hydrogens is 370 g/mol. The van der Waals surface area contributed by atoms with Crippen LogP contribution in [0.2, 0.25) is 0 Å². The van der Waals surface area contributed by atoms with Gasteiger partial charge in [-0.15, -0.1) is 0 Å². The fraction of sp³-hybridized carbons (Fsp3) is 0.240. The topological polar surface area (TPSA) is 67.9 Å². The lowest BCUT2D eigenvalue weighted by Gasteiger charge is -2.25. The molecule has 1 unspecified atom stereocenters. The molecule has 0 spiro atoms. The van der Waals surface area contributed by atoms with Gasteiger partial charge in [-0.2, -0.15) is 0 Å². The van der Waals surface area contributed by atoms with Gasteiger partial charge in [0.25, 0.3) is 0 Å². The molecule has 30 heavy (non-hydrogen) atoms. The number of anilines is 1. The lowest BCUT2D eigenvalue weighted by molar-refractivity contribution is 0.245. The minimum Gasteiger partial charge on any atom is -0.384 e. The SMILES string of the molecule is Cc1cc(-c2ccc(N)nc2)cc(C2CCCN2Cc2ccnc3ccccc23)n1. The summed E-state index contributed by atoms with van der Waals surface area (Å²) in [5, 5.41) is 1.23. The third kappa shape index (κ3) is 3.64. The number of likely N-dealkylation sites (tertiary alicyclic amines) is 1. The first-order chi connectivity index (χ1) is 14.7. The van der Waals surface area contributed by atoms with E-state index in [0.29, 0.717) is 11.9 Å². The van der Waals surface area contributed by atoms with Gasteiger partial charge in [0.2, 0.25) is 0 Å². The summed E-state index contributed by atoms with van der Waals surface area (Å²) >= 11 is 0. The third-order valence-electron chi connectivity index (χ3n) is 5.91. The van der Waals surface area contributed by atoms with Gasteiger partial charge in [0.05, 0.1) is 17.3 Å². The Morgan fingerprint density at radius 1 is 1.03 bits per heavy atom. The molecule has 4 heterocycles. The van der Waals surface area contributed by atoms with E-state index in [9.17, 15) is 0 Å². The molecule has 1 atom stereocenters. The first-order valence-corrected chi connectivity index (χ1v) is 10.4. The molecule has 1 aliphatic rings. The molecule has 0 amide bonds. The number of rotatable bonds is 4. The monoisotopic (exact) mass is 395 g/mol. The molecule has 0 radical (unpaired) electrons. The second-order valence-corrected chi connectivity index (χ2v) is 8.01. The summed E-state index contributed by atoms with van der Waals surface area (Å²) in [4.78, 5) is 16.2. The van der Waals surface area contributed by atoms with Crippen molar-refractivity contribution in [3.63, 3.8) is 0 Å². The number of nitrogen functional groups attached to an aromatic ring is 1. The van der Waals surface area contributed by atoms with Crippen molar-refractivity contribution in [2.75, 3.05) is 12.3 Å². The Morgan fingerprint density at radius 2 is 1.93 bits per heavy atom. The van der Waals surface area contributed by atoms with Gasteiger partial charge in [0, 0.05) is 35.6 Å². The lowest BCUT2D eigenvalue weighted by Crippen LogP contribution is -2.24. The van der Waals surface area contributed by atoms with Gasteiger partial charge in [-0.25, -0.2) is 4.98 Å². The first-order valence-electron chi connectivity index (χ1n) is 10.4. The van der Waals surface area contributed by atoms with Crippen LogP contribution in [0.5, 0.6) is 0 Å². The molecule has 1 fully saturated rings. The number of pyridine rings is 3. The molecule has 5 heteroatoms. The molecule has 1 aliphatic heterocycles. The molecule has 2 N–H and O–H groups in total. The maximum atomic E-state index is 5.76. The zero-order chi connectivity index (χ0) is 20.5. The molecule has 3 aromatic heterocycles. The van der Waals surface area contributed by atoms with Crippen LogP contribution in [0.4, 0.5) is 5.82 Å². The summed E-state index contributed by atoms with van der Waals surface area (Å²) < 4.78 is 0. The maximum absolute atomic E-state index is 5.76. The largest absolute Gasteiger partial charge is 0.384 e. The summed E-state index contributed by atoms with van der Waals surface area (Å²) in [6, 6.07) is 19.0. The summed E-state index contributed by atoms with van der Waals surface area (Å²) in [6.45, 7) is 4.05. The van der Waals surface area contributed by atoms with Gasteiger partial charge in [0.1, 0.15) is 5.82 Å². The molecule has 5 rings (SSSR count). The van der Waals surface area contributed by atoms with E-state index in [1.807, 2.05) is 30.6 Å². The van der Waals surface area contributed by atoms with Crippen LogP contribution in [-0.2, 0) is 6.54 Å². The molecule has 0 saturated carbocycles. The second kappa shape index (κ2) is 7.84. The van der Waals surface area contributed by atoms with E-state index >= 15 is 0 Å². The summed E-state index contributed by atoms with van der Waals surface area (Å²) in [5.41, 5.74) is 12.5. The van der Waals surface area contributed by atoms with E-state index in [0.717, 1.165) is 47.5 Å². The number of hydrogen-bond acceptors (Lipinski definition) is 5. The number of aryl methyl sites for hydroxylation is 1. The highest BCUT2D eigenvalue weighted by atomic mass is 15.2. The van der Waals surface area contributed by atoms with E-state index < -0.39 is 0 Å². The van der Waals surface area contributed by atoms with E-state index in [-0.39, 0.29) is 0 Å². The molecule has 150 valence electrons. The van der Waals surface area contributed by atoms with Gasteiger partial charge >= 0.3 is 0 Å². The second-order valence-electron chi connectivity index (χ2n) is 8.01.